The lowest BCUT2D eigenvalue weighted by Crippen LogP contribution is -2.47. The number of hydrogen-bond donors (Lipinski definition) is 6. The second kappa shape index (κ2) is 17.7. The summed E-state index contributed by atoms with van der Waals surface area (Å²) in [6.07, 6.45) is 0. The molecule has 0 radical (unpaired) electrons. The lowest BCUT2D eigenvalue weighted by molar-refractivity contribution is -0.143. The average Bonchev–Trinajstić information content (AvgIpc) is 2.67. The maximum absolute atomic E-state index is 12.2. The molecule has 0 atom stereocenters. The van der Waals surface area contributed by atoms with Gasteiger partial charge >= 0.3 is 23.9 Å². The number of carboxylic acid groups (broad SMARTS) is 4. The van der Waals surface area contributed by atoms with E-state index in [9.17, 15) is 24.0 Å². The van der Waals surface area contributed by atoms with E-state index >= 15 is 0 Å². The summed E-state index contributed by atoms with van der Waals surface area (Å²) in [5.41, 5.74) is 5.30. The molecule has 7 N–H and O–H groups in total. The molecule has 15 heteroatoms. The van der Waals surface area contributed by atoms with Gasteiger partial charge in [0.15, 0.2) is 0 Å². The zero-order valence-electron chi connectivity index (χ0n) is 18.3. The smallest absolute Gasteiger partial charge is 0.317 e. The Kier molecular flexibility index (Phi) is 16.1. The molecule has 0 aliphatic heterocycles. The average molecular weight is 479 g/mol. The van der Waals surface area contributed by atoms with Crippen LogP contribution in [0.2, 0.25) is 0 Å². The van der Waals surface area contributed by atoms with Gasteiger partial charge in [-0.2, -0.15) is 0 Å². The SMILES string of the molecule is NCCOCCNC(=O)CN(CCN(CC(=O)O)CC(=O)O)CCN(CC(=O)O)CC(=O)O. The molecule has 0 aromatic heterocycles. The maximum Gasteiger partial charge on any atom is 0.317 e. The lowest BCUT2D eigenvalue weighted by atomic mass is 10.3. The summed E-state index contributed by atoms with van der Waals surface area (Å²) < 4.78 is 5.15. The van der Waals surface area contributed by atoms with Crippen LogP contribution < -0.4 is 11.1 Å². The van der Waals surface area contributed by atoms with E-state index in [-0.39, 0.29) is 45.9 Å². The monoisotopic (exact) mass is 479 g/mol. The van der Waals surface area contributed by atoms with Crippen LogP contribution in [-0.4, -0.2) is 150 Å². The molecule has 0 rings (SSSR count). The number of nitrogens with two attached hydrogens (primary N) is 1. The van der Waals surface area contributed by atoms with E-state index in [1.807, 2.05) is 0 Å². The largest absolute Gasteiger partial charge is 0.480 e. The number of rotatable bonds is 21. The first-order chi connectivity index (χ1) is 15.5. The van der Waals surface area contributed by atoms with Crippen molar-refractivity contribution in [1.82, 2.24) is 20.0 Å². The first kappa shape index (κ1) is 30.1. The summed E-state index contributed by atoms with van der Waals surface area (Å²) >= 11 is 0. The van der Waals surface area contributed by atoms with Crippen LogP contribution in [0, 0.1) is 0 Å². The van der Waals surface area contributed by atoms with Crippen molar-refractivity contribution in [3.8, 4) is 0 Å². The second-order valence-corrected chi connectivity index (χ2v) is 7.02. The predicted molar refractivity (Wildman–Crippen MR) is 113 cm³/mol. The number of hydrogen-bond acceptors (Lipinski definition) is 10. The Morgan fingerprint density at radius 3 is 1.39 bits per heavy atom. The molecule has 0 saturated carbocycles. The van der Waals surface area contributed by atoms with Gasteiger partial charge in [0, 0.05) is 39.3 Å². The van der Waals surface area contributed by atoms with Crippen LogP contribution in [-0.2, 0) is 28.7 Å². The van der Waals surface area contributed by atoms with Gasteiger partial charge in [-0.1, -0.05) is 0 Å². The van der Waals surface area contributed by atoms with Gasteiger partial charge in [0.05, 0.1) is 45.9 Å². The Bertz CT molecular complexity index is 576. The van der Waals surface area contributed by atoms with Gasteiger partial charge < -0.3 is 36.2 Å². The predicted octanol–water partition coefficient (Wildman–Crippen LogP) is -3.68. The summed E-state index contributed by atoms with van der Waals surface area (Å²) in [6, 6.07) is 0. The first-order valence-corrected chi connectivity index (χ1v) is 10.1. The zero-order chi connectivity index (χ0) is 25.2. The van der Waals surface area contributed by atoms with Crippen LogP contribution in [0.5, 0.6) is 0 Å². The van der Waals surface area contributed by atoms with Crippen LogP contribution in [0.15, 0.2) is 0 Å². The number of carbonyl (C=O) groups excluding carboxylic acids is 1. The number of carbonyl (C=O) groups is 5. The standard InChI is InChI=1S/C18H33N5O10/c19-1-7-33-8-2-20-14(24)9-21(3-5-22(10-15(25)26)11-16(27)28)4-6-23(12-17(29)30)13-18(31)32/h1-13,19H2,(H,20,24)(H,25,26)(H,27,28)(H,29,30)(H,31,32). The highest BCUT2D eigenvalue weighted by Gasteiger charge is 2.19. The van der Waals surface area contributed by atoms with Crippen molar-refractivity contribution in [2.24, 2.45) is 5.73 Å². The summed E-state index contributed by atoms with van der Waals surface area (Å²) in [6.45, 7) is -0.890. The van der Waals surface area contributed by atoms with Crippen molar-refractivity contribution >= 4 is 29.8 Å². The van der Waals surface area contributed by atoms with E-state index in [0.717, 1.165) is 0 Å². The normalized spacial score (nSPS) is 11.2. The molecule has 0 bridgehead atoms. The molecule has 0 unspecified atom stereocenters. The van der Waals surface area contributed by atoms with Crippen molar-refractivity contribution in [2.45, 2.75) is 0 Å². The Morgan fingerprint density at radius 1 is 0.636 bits per heavy atom. The van der Waals surface area contributed by atoms with Crippen molar-refractivity contribution < 1.29 is 49.1 Å². The Labute approximate surface area is 190 Å². The molecular formula is C18H33N5O10. The molecule has 190 valence electrons. The Hall–Kier alpha value is -2.85. The number of ether oxygens (including phenoxy) is 1. The molecule has 0 heterocycles. The van der Waals surface area contributed by atoms with Crippen molar-refractivity contribution in [3.05, 3.63) is 0 Å². The molecule has 1 amide bonds. The summed E-state index contributed by atoms with van der Waals surface area (Å²) in [4.78, 5) is 60.1. The Morgan fingerprint density at radius 2 is 1.03 bits per heavy atom. The number of carboxylic acids is 4. The van der Waals surface area contributed by atoms with Gasteiger partial charge in [-0.3, -0.25) is 38.7 Å². The minimum absolute atomic E-state index is 0.00333. The summed E-state index contributed by atoms with van der Waals surface area (Å²) in [5.74, 6) is -5.25. The van der Waals surface area contributed by atoms with Gasteiger partial charge in [-0.25, -0.2) is 0 Å². The van der Waals surface area contributed by atoms with Crippen LogP contribution in [0.4, 0.5) is 0 Å². The van der Waals surface area contributed by atoms with E-state index in [1.165, 1.54) is 9.80 Å². The van der Waals surface area contributed by atoms with Crippen molar-refractivity contribution in [1.29, 1.82) is 0 Å². The van der Waals surface area contributed by atoms with Crippen LogP contribution in [0.1, 0.15) is 0 Å². The van der Waals surface area contributed by atoms with E-state index < -0.39 is 56.0 Å². The molecule has 15 nitrogen and oxygen atoms in total. The maximum atomic E-state index is 12.2. The highest BCUT2D eigenvalue weighted by Crippen LogP contribution is 1.97. The molecular weight excluding hydrogens is 446 g/mol. The van der Waals surface area contributed by atoms with E-state index in [0.29, 0.717) is 13.2 Å². The quantitative estimate of drug-likeness (QED) is 0.0873. The molecule has 0 aromatic rings. The molecule has 0 saturated heterocycles. The Balaban J connectivity index is 5.04. The number of aliphatic carboxylic acids is 4. The summed E-state index contributed by atoms with van der Waals surface area (Å²) in [7, 11) is 0. The summed E-state index contributed by atoms with van der Waals surface area (Å²) in [5, 5.41) is 38.5. The molecule has 0 aromatic carbocycles. The zero-order valence-corrected chi connectivity index (χ0v) is 18.3. The first-order valence-electron chi connectivity index (χ1n) is 10.1. The van der Waals surface area contributed by atoms with Crippen molar-refractivity contribution in [2.75, 3.05) is 85.2 Å². The molecule has 0 aliphatic rings. The molecule has 0 spiro atoms. The fourth-order valence-electron chi connectivity index (χ4n) is 2.74. The minimum Gasteiger partial charge on any atom is -0.480 e. The highest BCUT2D eigenvalue weighted by atomic mass is 16.5. The number of nitrogens with one attached hydrogen (secondary N) is 1. The minimum atomic E-state index is -1.22. The molecule has 33 heavy (non-hydrogen) atoms. The van der Waals surface area contributed by atoms with E-state index in [4.69, 9.17) is 30.9 Å². The van der Waals surface area contributed by atoms with E-state index in [1.54, 1.807) is 4.90 Å². The molecule has 0 aliphatic carbocycles. The fourth-order valence-corrected chi connectivity index (χ4v) is 2.74. The topological polar surface area (TPSA) is 223 Å². The second-order valence-electron chi connectivity index (χ2n) is 7.02. The van der Waals surface area contributed by atoms with Gasteiger partial charge in [0.2, 0.25) is 5.91 Å². The lowest BCUT2D eigenvalue weighted by Gasteiger charge is -2.28. The third kappa shape index (κ3) is 18.4. The van der Waals surface area contributed by atoms with Gasteiger partial charge in [-0.05, 0) is 0 Å². The van der Waals surface area contributed by atoms with Crippen LogP contribution >= 0.6 is 0 Å². The van der Waals surface area contributed by atoms with Gasteiger partial charge in [0.25, 0.3) is 0 Å². The fraction of sp³-hybridized carbons (Fsp3) is 0.722. The van der Waals surface area contributed by atoms with Gasteiger partial charge in [-0.15, -0.1) is 0 Å². The number of nitrogens with zero attached hydrogens (tertiary/aromatic N) is 3. The third-order valence-electron chi connectivity index (χ3n) is 4.10. The van der Waals surface area contributed by atoms with Crippen LogP contribution in [0.3, 0.4) is 0 Å². The third-order valence-corrected chi connectivity index (χ3v) is 4.10. The van der Waals surface area contributed by atoms with Crippen LogP contribution in [0.25, 0.3) is 0 Å². The highest BCUT2D eigenvalue weighted by molar-refractivity contribution is 5.78. The van der Waals surface area contributed by atoms with Crippen molar-refractivity contribution in [3.63, 3.8) is 0 Å². The number of amides is 1. The van der Waals surface area contributed by atoms with E-state index in [2.05, 4.69) is 5.32 Å². The van der Waals surface area contributed by atoms with Gasteiger partial charge in [0.1, 0.15) is 0 Å². The molecule has 0 fully saturated rings.